The lowest BCUT2D eigenvalue weighted by atomic mass is 10.1. The second kappa shape index (κ2) is 7.69. The van der Waals surface area contributed by atoms with E-state index in [0.29, 0.717) is 23.9 Å². The first-order valence-corrected chi connectivity index (χ1v) is 7.60. The fraction of sp³-hybridized carbons (Fsp3) is 0.250. The SMILES string of the molecule is CCOc1cccc(SC(Cc2ccccc2)C(=O)O)n1. The topological polar surface area (TPSA) is 59.4 Å². The van der Waals surface area contributed by atoms with E-state index in [-0.39, 0.29) is 0 Å². The summed E-state index contributed by atoms with van der Waals surface area (Å²) < 4.78 is 5.33. The van der Waals surface area contributed by atoms with Gasteiger partial charge in [0.2, 0.25) is 5.88 Å². The number of thioether (sulfide) groups is 1. The highest BCUT2D eigenvalue weighted by atomic mass is 32.2. The zero-order valence-corrected chi connectivity index (χ0v) is 12.5. The summed E-state index contributed by atoms with van der Waals surface area (Å²) in [5.74, 6) is -0.321. The summed E-state index contributed by atoms with van der Waals surface area (Å²) in [6, 6.07) is 15.0. The van der Waals surface area contributed by atoms with Crippen LogP contribution in [-0.2, 0) is 11.2 Å². The molecular weight excluding hydrogens is 286 g/mol. The van der Waals surface area contributed by atoms with Gasteiger partial charge in [0.15, 0.2) is 0 Å². The molecule has 2 rings (SSSR count). The van der Waals surface area contributed by atoms with Crippen LogP contribution in [0.4, 0.5) is 0 Å². The number of carbonyl (C=O) groups is 1. The van der Waals surface area contributed by atoms with Gasteiger partial charge in [-0.1, -0.05) is 48.2 Å². The highest BCUT2D eigenvalue weighted by Crippen LogP contribution is 2.26. The highest BCUT2D eigenvalue weighted by Gasteiger charge is 2.20. The van der Waals surface area contributed by atoms with Crippen molar-refractivity contribution in [3.8, 4) is 5.88 Å². The molecule has 1 aromatic heterocycles. The predicted octanol–water partition coefficient (Wildman–Crippen LogP) is 3.27. The third kappa shape index (κ3) is 4.79. The normalized spacial score (nSPS) is 11.9. The maximum atomic E-state index is 11.4. The zero-order valence-electron chi connectivity index (χ0n) is 11.7. The highest BCUT2D eigenvalue weighted by molar-refractivity contribution is 8.00. The lowest BCUT2D eigenvalue weighted by Crippen LogP contribution is -2.19. The molecule has 1 heterocycles. The minimum Gasteiger partial charge on any atom is -0.480 e. The van der Waals surface area contributed by atoms with Gasteiger partial charge in [-0.15, -0.1) is 0 Å². The van der Waals surface area contributed by atoms with E-state index in [1.165, 1.54) is 11.8 Å². The molecule has 1 aromatic carbocycles. The molecule has 0 aliphatic rings. The number of rotatable bonds is 7. The summed E-state index contributed by atoms with van der Waals surface area (Å²) in [7, 11) is 0. The number of pyridine rings is 1. The molecule has 0 saturated carbocycles. The Morgan fingerprint density at radius 1 is 1.24 bits per heavy atom. The molecule has 0 aliphatic heterocycles. The third-order valence-corrected chi connectivity index (χ3v) is 3.91. The number of benzene rings is 1. The largest absolute Gasteiger partial charge is 0.480 e. The number of ether oxygens (including phenoxy) is 1. The number of carboxylic acids is 1. The number of aliphatic carboxylic acids is 1. The standard InChI is InChI=1S/C16H17NO3S/c1-2-20-14-9-6-10-15(17-14)21-13(16(18)19)11-12-7-4-3-5-8-12/h3-10,13H,2,11H2,1H3,(H,18,19). The lowest BCUT2D eigenvalue weighted by molar-refractivity contribution is -0.136. The van der Waals surface area contributed by atoms with Gasteiger partial charge in [0.25, 0.3) is 0 Å². The summed E-state index contributed by atoms with van der Waals surface area (Å²) in [6.45, 7) is 2.42. The molecule has 0 spiro atoms. The van der Waals surface area contributed by atoms with Crippen molar-refractivity contribution in [3.05, 3.63) is 54.1 Å². The van der Waals surface area contributed by atoms with Crippen molar-refractivity contribution in [3.63, 3.8) is 0 Å². The van der Waals surface area contributed by atoms with Crippen molar-refractivity contribution in [1.29, 1.82) is 0 Å². The van der Waals surface area contributed by atoms with E-state index >= 15 is 0 Å². The van der Waals surface area contributed by atoms with Crippen LogP contribution in [0.5, 0.6) is 5.88 Å². The van der Waals surface area contributed by atoms with Crippen LogP contribution in [-0.4, -0.2) is 27.9 Å². The number of carboxylic acid groups (broad SMARTS) is 1. The lowest BCUT2D eigenvalue weighted by Gasteiger charge is -2.12. The van der Waals surface area contributed by atoms with Crippen molar-refractivity contribution in [1.82, 2.24) is 4.98 Å². The number of nitrogens with zero attached hydrogens (tertiary/aromatic N) is 1. The Morgan fingerprint density at radius 3 is 2.67 bits per heavy atom. The van der Waals surface area contributed by atoms with Crippen LogP contribution >= 0.6 is 11.8 Å². The Bertz CT molecular complexity index is 589. The summed E-state index contributed by atoms with van der Waals surface area (Å²) in [5, 5.41) is 9.47. The molecule has 1 N–H and O–H groups in total. The molecule has 0 bridgehead atoms. The Kier molecular flexibility index (Phi) is 5.63. The molecule has 110 valence electrons. The summed E-state index contributed by atoms with van der Waals surface area (Å²) >= 11 is 1.24. The Hall–Kier alpha value is -2.01. The van der Waals surface area contributed by atoms with Gasteiger partial charge >= 0.3 is 5.97 Å². The smallest absolute Gasteiger partial charge is 0.317 e. The first-order chi connectivity index (χ1) is 10.2. The molecule has 2 aromatic rings. The minimum absolute atomic E-state index is 0.460. The number of hydrogen-bond donors (Lipinski definition) is 1. The van der Waals surface area contributed by atoms with E-state index in [1.807, 2.05) is 43.3 Å². The Balaban J connectivity index is 2.09. The monoisotopic (exact) mass is 303 g/mol. The van der Waals surface area contributed by atoms with E-state index in [0.717, 1.165) is 5.56 Å². The van der Waals surface area contributed by atoms with Gasteiger partial charge in [-0.05, 0) is 25.0 Å². The van der Waals surface area contributed by atoms with Crippen LogP contribution in [0.1, 0.15) is 12.5 Å². The van der Waals surface area contributed by atoms with Crippen LogP contribution < -0.4 is 4.74 Å². The van der Waals surface area contributed by atoms with Gasteiger partial charge in [-0.25, -0.2) is 4.98 Å². The Morgan fingerprint density at radius 2 is 2.00 bits per heavy atom. The van der Waals surface area contributed by atoms with Crippen molar-refractivity contribution in [2.45, 2.75) is 23.6 Å². The van der Waals surface area contributed by atoms with Gasteiger partial charge in [0.05, 0.1) is 6.61 Å². The van der Waals surface area contributed by atoms with Crippen molar-refractivity contribution >= 4 is 17.7 Å². The molecule has 21 heavy (non-hydrogen) atoms. The molecule has 0 aliphatic carbocycles. The second-order valence-corrected chi connectivity index (χ2v) is 5.60. The average molecular weight is 303 g/mol. The quantitative estimate of drug-likeness (QED) is 0.796. The van der Waals surface area contributed by atoms with Crippen LogP contribution in [0.2, 0.25) is 0 Å². The zero-order chi connectivity index (χ0) is 15.1. The molecule has 5 heteroatoms. The second-order valence-electron chi connectivity index (χ2n) is 4.38. The van der Waals surface area contributed by atoms with E-state index in [4.69, 9.17) is 4.74 Å². The predicted molar refractivity (Wildman–Crippen MR) is 82.8 cm³/mol. The molecule has 1 unspecified atom stereocenters. The average Bonchev–Trinajstić information content (AvgIpc) is 2.48. The first kappa shape index (κ1) is 15.4. The maximum absolute atomic E-state index is 11.4. The molecule has 0 fully saturated rings. The van der Waals surface area contributed by atoms with Gasteiger partial charge in [0.1, 0.15) is 10.3 Å². The summed E-state index contributed by atoms with van der Waals surface area (Å²) in [4.78, 5) is 15.7. The van der Waals surface area contributed by atoms with E-state index < -0.39 is 11.2 Å². The van der Waals surface area contributed by atoms with Crippen molar-refractivity contribution < 1.29 is 14.6 Å². The fourth-order valence-electron chi connectivity index (χ4n) is 1.84. The van der Waals surface area contributed by atoms with Crippen LogP contribution in [0.3, 0.4) is 0 Å². The van der Waals surface area contributed by atoms with Crippen molar-refractivity contribution in [2.24, 2.45) is 0 Å². The first-order valence-electron chi connectivity index (χ1n) is 6.72. The van der Waals surface area contributed by atoms with Crippen LogP contribution in [0, 0.1) is 0 Å². The van der Waals surface area contributed by atoms with Crippen LogP contribution in [0.25, 0.3) is 0 Å². The molecular formula is C16H17NO3S. The molecule has 0 amide bonds. The molecule has 0 saturated heterocycles. The van der Waals surface area contributed by atoms with Crippen molar-refractivity contribution in [2.75, 3.05) is 6.61 Å². The molecule has 4 nitrogen and oxygen atoms in total. The van der Waals surface area contributed by atoms with E-state index in [2.05, 4.69) is 4.98 Å². The summed E-state index contributed by atoms with van der Waals surface area (Å²) in [5.41, 5.74) is 0.998. The number of hydrogen-bond acceptors (Lipinski definition) is 4. The maximum Gasteiger partial charge on any atom is 0.317 e. The molecule has 0 radical (unpaired) electrons. The van der Waals surface area contributed by atoms with Gasteiger partial charge < -0.3 is 9.84 Å². The van der Waals surface area contributed by atoms with Gasteiger partial charge in [0, 0.05) is 6.07 Å². The minimum atomic E-state index is -0.840. The summed E-state index contributed by atoms with van der Waals surface area (Å²) in [6.07, 6.45) is 0.460. The van der Waals surface area contributed by atoms with E-state index in [1.54, 1.807) is 12.1 Å². The Labute approximate surface area is 128 Å². The number of aromatic nitrogens is 1. The fourth-order valence-corrected chi connectivity index (χ4v) is 2.81. The van der Waals surface area contributed by atoms with E-state index in [9.17, 15) is 9.90 Å². The van der Waals surface area contributed by atoms with Crippen LogP contribution in [0.15, 0.2) is 53.6 Å². The van der Waals surface area contributed by atoms with Gasteiger partial charge in [-0.2, -0.15) is 0 Å². The van der Waals surface area contributed by atoms with Gasteiger partial charge in [-0.3, -0.25) is 4.79 Å². The molecule has 1 atom stereocenters. The third-order valence-electron chi connectivity index (χ3n) is 2.79.